The lowest BCUT2D eigenvalue weighted by molar-refractivity contribution is -0.147. The molecule has 4 amide bonds. The third-order valence-corrected chi connectivity index (χ3v) is 3.16. The fourth-order valence-electron chi connectivity index (χ4n) is 1.77. The van der Waals surface area contributed by atoms with Crippen molar-refractivity contribution in [1.29, 1.82) is 0 Å². The van der Waals surface area contributed by atoms with E-state index in [1.54, 1.807) is 0 Å². The van der Waals surface area contributed by atoms with Crippen LogP contribution in [0.1, 0.15) is 29.8 Å². The summed E-state index contributed by atoms with van der Waals surface area (Å²) in [6.45, 7) is 2.75. The van der Waals surface area contributed by atoms with Crippen LogP contribution in [0.3, 0.4) is 0 Å². The summed E-state index contributed by atoms with van der Waals surface area (Å²) in [5, 5.41) is 6.54. The number of halogens is 3. The number of carbonyl (C=O) groups is 4. The first kappa shape index (κ1) is 22.9. The van der Waals surface area contributed by atoms with Crippen molar-refractivity contribution in [3.05, 3.63) is 35.4 Å². The number of esters is 1. The normalized spacial score (nSPS) is 10.9. The third kappa shape index (κ3) is 8.52. The third-order valence-electron chi connectivity index (χ3n) is 3.16. The SMILES string of the molecule is CC(C)CNC(=O)NC(=O)COC(=O)CNC(=O)c1ccc(C(F)(F)F)cc1. The van der Waals surface area contributed by atoms with Gasteiger partial charge < -0.3 is 15.4 Å². The van der Waals surface area contributed by atoms with Crippen LogP contribution >= 0.6 is 0 Å². The minimum atomic E-state index is -4.52. The summed E-state index contributed by atoms with van der Waals surface area (Å²) in [5.41, 5.74) is -0.993. The minimum Gasteiger partial charge on any atom is -0.454 e. The number of ether oxygens (including phenoxy) is 1. The zero-order chi connectivity index (χ0) is 21.3. The Labute approximate surface area is 158 Å². The molecule has 0 saturated carbocycles. The number of benzene rings is 1. The molecule has 0 fully saturated rings. The standard InChI is InChI=1S/C17H20F3N3O5/c1-10(2)7-22-16(27)23-13(24)9-28-14(25)8-21-15(26)11-3-5-12(6-4-11)17(18,19)20/h3-6,10H,7-9H2,1-2H3,(H,21,26)(H2,22,23,24,27). The van der Waals surface area contributed by atoms with Crippen molar-refractivity contribution in [3.63, 3.8) is 0 Å². The number of amides is 4. The minimum absolute atomic E-state index is 0.0830. The van der Waals surface area contributed by atoms with Crippen LogP contribution in [0.25, 0.3) is 0 Å². The van der Waals surface area contributed by atoms with E-state index in [0.29, 0.717) is 6.54 Å². The number of hydrogen-bond acceptors (Lipinski definition) is 5. The maximum atomic E-state index is 12.5. The van der Waals surface area contributed by atoms with Crippen LogP contribution in [-0.4, -0.2) is 43.5 Å². The van der Waals surface area contributed by atoms with Gasteiger partial charge in [-0.25, -0.2) is 4.79 Å². The van der Waals surface area contributed by atoms with Gasteiger partial charge in [-0.1, -0.05) is 13.8 Å². The van der Waals surface area contributed by atoms with Crippen molar-refractivity contribution < 1.29 is 37.1 Å². The molecule has 0 bridgehead atoms. The number of carbonyl (C=O) groups excluding carboxylic acids is 4. The number of nitrogens with one attached hydrogen (secondary N) is 3. The smallest absolute Gasteiger partial charge is 0.416 e. The molecular formula is C17H20F3N3O5. The van der Waals surface area contributed by atoms with Crippen LogP contribution in [-0.2, 0) is 20.5 Å². The molecule has 1 rings (SSSR count). The predicted octanol–water partition coefficient (Wildman–Crippen LogP) is 1.46. The quantitative estimate of drug-likeness (QED) is 0.597. The van der Waals surface area contributed by atoms with Gasteiger partial charge in [0, 0.05) is 12.1 Å². The van der Waals surface area contributed by atoms with Gasteiger partial charge in [0.05, 0.1) is 5.56 Å². The summed E-state index contributed by atoms with van der Waals surface area (Å²) in [6.07, 6.45) is -4.52. The highest BCUT2D eigenvalue weighted by Gasteiger charge is 2.30. The molecule has 0 radical (unpaired) electrons. The molecule has 11 heteroatoms. The number of alkyl halides is 3. The first-order chi connectivity index (χ1) is 13.0. The number of hydrogen-bond donors (Lipinski definition) is 3. The molecule has 1 aromatic rings. The molecule has 0 aliphatic rings. The van der Waals surface area contributed by atoms with E-state index in [9.17, 15) is 32.3 Å². The van der Waals surface area contributed by atoms with Crippen LogP contribution in [0.5, 0.6) is 0 Å². The summed E-state index contributed by atoms with van der Waals surface area (Å²) in [5.74, 6) is -2.42. The van der Waals surface area contributed by atoms with Gasteiger partial charge >= 0.3 is 18.2 Å². The average molecular weight is 403 g/mol. The number of imide groups is 1. The van der Waals surface area contributed by atoms with E-state index in [4.69, 9.17) is 0 Å². The van der Waals surface area contributed by atoms with Gasteiger partial charge in [-0.05, 0) is 30.2 Å². The van der Waals surface area contributed by atoms with Gasteiger partial charge in [-0.15, -0.1) is 0 Å². The summed E-state index contributed by atoms with van der Waals surface area (Å²) >= 11 is 0. The number of rotatable bonds is 7. The Morgan fingerprint density at radius 3 is 2.18 bits per heavy atom. The second-order valence-electron chi connectivity index (χ2n) is 6.07. The second-order valence-corrected chi connectivity index (χ2v) is 6.07. The zero-order valence-corrected chi connectivity index (χ0v) is 15.2. The first-order valence-electron chi connectivity index (χ1n) is 8.17. The molecule has 28 heavy (non-hydrogen) atoms. The van der Waals surface area contributed by atoms with Crippen LogP contribution in [0.2, 0.25) is 0 Å². The Morgan fingerprint density at radius 2 is 1.64 bits per heavy atom. The molecule has 0 aliphatic heterocycles. The van der Waals surface area contributed by atoms with Crippen molar-refractivity contribution in [3.8, 4) is 0 Å². The van der Waals surface area contributed by atoms with Crippen molar-refractivity contribution in [2.24, 2.45) is 5.92 Å². The monoisotopic (exact) mass is 403 g/mol. The Balaban J connectivity index is 2.35. The van der Waals surface area contributed by atoms with E-state index in [2.05, 4.69) is 15.4 Å². The molecule has 1 aromatic carbocycles. The molecule has 0 unspecified atom stereocenters. The van der Waals surface area contributed by atoms with Crippen LogP contribution < -0.4 is 16.0 Å². The summed E-state index contributed by atoms with van der Waals surface area (Å²) < 4.78 is 42.0. The molecule has 0 atom stereocenters. The molecule has 8 nitrogen and oxygen atoms in total. The maximum absolute atomic E-state index is 12.5. The van der Waals surface area contributed by atoms with Gasteiger partial charge in [0.1, 0.15) is 6.54 Å². The highest BCUT2D eigenvalue weighted by Crippen LogP contribution is 2.28. The molecule has 0 spiro atoms. The molecule has 0 aliphatic carbocycles. The van der Waals surface area contributed by atoms with Crippen LogP contribution in [0, 0.1) is 5.92 Å². The topological polar surface area (TPSA) is 114 Å². The fraction of sp³-hybridized carbons (Fsp3) is 0.412. The summed E-state index contributed by atoms with van der Waals surface area (Å²) in [4.78, 5) is 46.1. The maximum Gasteiger partial charge on any atom is 0.416 e. The second kappa shape index (κ2) is 10.3. The Kier molecular flexibility index (Phi) is 8.42. The van der Waals surface area contributed by atoms with Crippen LogP contribution in [0.15, 0.2) is 24.3 Å². The van der Waals surface area contributed by atoms with Crippen LogP contribution in [0.4, 0.5) is 18.0 Å². The van der Waals surface area contributed by atoms with Crippen molar-refractivity contribution in [2.75, 3.05) is 19.7 Å². The largest absolute Gasteiger partial charge is 0.454 e. The Hall–Kier alpha value is -3.11. The van der Waals surface area contributed by atoms with E-state index in [0.717, 1.165) is 24.3 Å². The van der Waals surface area contributed by atoms with Gasteiger partial charge in [-0.2, -0.15) is 13.2 Å². The molecule has 3 N–H and O–H groups in total. The molecular weight excluding hydrogens is 383 g/mol. The lowest BCUT2D eigenvalue weighted by atomic mass is 10.1. The number of urea groups is 1. The predicted molar refractivity (Wildman–Crippen MR) is 91.1 cm³/mol. The van der Waals surface area contributed by atoms with E-state index in [1.165, 1.54) is 0 Å². The lowest BCUT2D eigenvalue weighted by Crippen LogP contribution is -2.43. The molecule has 0 heterocycles. The van der Waals surface area contributed by atoms with Crippen molar-refractivity contribution in [1.82, 2.24) is 16.0 Å². The summed E-state index contributed by atoms with van der Waals surface area (Å²) in [6, 6.07) is 2.67. The van der Waals surface area contributed by atoms with E-state index in [1.807, 2.05) is 19.2 Å². The Morgan fingerprint density at radius 1 is 1.04 bits per heavy atom. The van der Waals surface area contributed by atoms with Gasteiger partial charge in [0.2, 0.25) is 0 Å². The summed E-state index contributed by atoms with van der Waals surface area (Å²) in [7, 11) is 0. The van der Waals surface area contributed by atoms with Gasteiger partial charge in [0.15, 0.2) is 6.61 Å². The first-order valence-corrected chi connectivity index (χ1v) is 8.17. The van der Waals surface area contributed by atoms with Gasteiger partial charge in [-0.3, -0.25) is 19.7 Å². The fourth-order valence-corrected chi connectivity index (χ4v) is 1.77. The average Bonchev–Trinajstić information content (AvgIpc) is 2.62. The van der Waals surface area contributed by atoms with Crippen molar-refractivity contribution in [2.45, 2.75) is 20.0 Å². The van der Waals surface area contributed by atoms with E-state index >= 15 is 0 Å². The van der Waals surface area contributed by atoms with Crippen molar-refractivity contribution >= 4 is 23.8 Å². The zero-order valence-electron chi connectivity index (χ0n) is 15.2. The molecule has 154 valence electrons. The highest BCUT2D eigenvalue weighted by atomic mass is 19.4. The Bertz CT molecular complexity index is 718. The molecule has 0 saturated heterocycles. The lowest BCUT2D eigenvalue weighted by Gasteiger charge is -2.10. The van der Waals surface area contributed by atoms with E-state index < -0.39 is 48.7 Å². The van der Waals surface area contributed by atoms with Gasteiger partial charge in [0.25, 0.3) is 11.8 Å². The molecule has 0 aromatic heterocycles. The van der Waals surface area contributed by atoms with E-state index in [-0.39, 0.29) is 11.5 Å². The highest BCUT2D eigenvalue weighted by molar-refractivity contribution is 5.97.